The average Bonchev–Trinajstić information content (AvgIpc) is 1.68. The Kier molecular flexibility index (Phi) is 10.9. The summed E-state index contributed by atoms with van der Waals surface area (Å²) in [7, 11) is 0. The van der Waals surface area contributed by atoms with Crippen molar-refractivity contribution < 1.29 is 4.11 Å². The lowest BCUT2D eigenvalue weighted by Crippen LogP contribution is -2.61. The monoisotopic (exact) mass is 1120 g/mol. The first-order valence-electron chi connectivity index (χ1n) is 33.0. The maximum absolute atomic E-state index is 9.16. The van der Waals surface area contributed by atoms with Crippen LogP contribution in [0.3, 0.4) is 0 Å². The van der Waals surface area contributed by atoms with E-state index in [1.807, 2.05) is 29.5 Å². The molecule has 2 aliphatic heterocycles. The third-order valence-corrected chi connectivity index (χ3v) is 23.4. The average molecular weight is 1120 g/mol. The number of anilines is 9. The number of hydrogen-bond acceptors (Lipinski definition) is 4. The third-order valence-electron chi connectivity index (χ3n) is 22.2. The van der Waals surface area contributed by atoms with Crippen molar-refractivity contribution in [3.8, 4) is 11.1 Å². The van der Waals surface area contributed by atoms with Gasteiger partial charge in [0.15, 0.2) is 0 Å². The van der Waals surface area contributed by atoms with Crippen LogP contribution >= 0.6 is 11.3 Å². The van der Waals surface area contributed by atoms with E-state index in [9.17, 15) is 0 Å². The van der Waals surface area contributed by atoms with E-state index in [-0.39, 0.29) is 44.6 Å². The molecule has 0 N–H and O–H groups in total. The second-order valence-electron chi connectivity index (χ2n) is 30.6. The summed E-state index contributed by atoms with van der Waals surface area (Å²) in [6, 6.07) is 59.6. The van der Waals surface area contributed by atoms with Gasteiger partial charge in [-0.2, -0.15) is 0 Å². The summed E-state index contributed by atoms with van der Waals surface area (Å²) >= 11 is 2.04. The number of thiophene rings is 1. The van der Waals surface area contributed by atoms with Gasteiger partial charge in [-0.3, -0.25) is 0 Å². The zero-order valence-electron chi connectivity index (χ0n) is 55.0. The molecule has 0 unspecified atom stereocenters. The highest BCUT2D eigenvalue weighted by atomic mass is 32.1. The molecule has 5 heteroatoms. The number of nitrogens with zero attached hydrogens (tertiary/aromatic N) is 3. The Hall–Kier alpha value is -6.82. The summed E-state index contributed by atoms with van der Waals surface area (Å²) in [5.74, 6) is 0. The molecule has 0 radical (unpaired) electrons. The van der Waals surface area contributed by atoms with Crippen molar-refractivity contribution >= 4 is 95.0 Å². The van der Waals surface area contributed by atoms with E-state index in [0.717, 1.165) is 65.4 Å². The van der Waals surface area contributed by atoms with Crippen LogP contribution in [-0.2, 0) is 37.9 Å². The summed E-state index contributed by atoms with van der Waals surface area (Å²) in [5.41, 5.74) is 24.8. The number of aryl methyl sites for hydroxylation is 1. The molecule has 0 atom stereocenters. The highest BCUT2D eigenvalue weighted by Crippen LogP contribution is 2.60. The number of benzene rings is 8. The van der Waals surface area contributed by atoms with Crippen molar-refractivity contribution in [2.75, 3.05) is 14.7 Å². The molecule has 0 saturated heterocycles. The molecule has 2 bridgehead atoms. The van der Waals surface area contributed by atoms with Crippen LogP contribution in [0.2, 0.25) is 0 Å². The van der Waals surface area contributed by atoms with E-state index in [1.54, 1.807) is 17.2 Å². The van der Waals surface area contributed by atoms with Crippen LogP contribution in [0.4, 0.5) is 51.2 Å². The molecule has 9 aromatic rings. The largest absolute Gasteiger partial charge is 0.311 e. The van der Waals surface area contributed by atoms with Crippen LogP contribution in [0.1, 0.15) is 190 Å². The Bertz CT molecular complexity index is 4320. The minimum absolute atomic E-state index is 0.0245. The molecule has 1 aromatic heterocycles. The van der Waals surface area contributed by atoms with Gasteiger partial charge in [-0.25, -0.2) is 0 Å². The van der Waals surface area contributed by atoms with Gasteiger partial charge in [-0.05, 0) is 230 Å². The lowest BCUT2D eigenvalue weighted by Gasteiger charge is -2.52. The van der Waals surface area contributed by atoms with Crippen molar-refractivity contribution in [1.29, 1.82) is 0 Å². The summed E-state index contributed by atoms with van der Waals surface area (Å²) in [6.07, 6.45) is 9.32. The molecule has 3 heterocycles. The van der Waals surface area contributed by atoms with Gasteiger partial charge in [0.1, 0.15) is 0 Å². The Morgan fingerprint density at radius 1 is 0.488 bits per heavy atom. The second-order valence-corrected chi connectivity index (χ2v) is 31.7. The summed E-state index contributed by atoms with van der Waals surface area (Å²) in [5, 5.41) is 1.33. The minimum Gasteiger partial charge on any atom is -0.311 e. The quantitative estimate of drug-likeness (QED) is 0.154. The van der Waals surface area contributed by atoms with Gasteiger partial charge in [0.05, 0.1) is 17.1 Å². The van der Waals surface area contributed by atoms with Crippen LogP contribution < -0.4 is 30.4 Å². The molecule has 1 saturated carbocycles. The molecule has 5 aliphatic carbocycles. The van der Waals surface area contributed by atoms with Gasteiger partial charge in [-0.1, -0.05) is 175 Å². The first-order valence-corrected chi connectivity index (χ1v) is 32.3. The van der Waals surface area contributed by atoms with Gasteiger partial charge >= 0.3 is 0 Å². The highest BCUT2D eigenvalue weighted by Gasteiger charge is 2.52. The molecule has 3 nitrogen and oxygen atoms in total. The van der Waals surface area contributed by atoms with Gasteiger partial charge in [0.2, 0.25) is 0 Å². The van der Waals surface area contributed by atoms with E-state index >= 15 is 0 Å². The lowest BCUT2D eigenvalue weighted by atomic mass is 9.35. The zero-order valence-corrected chi connectivity index (χ0v) is 52.8. The van der Waals surface area contributed by atoms with Crippen molar-refractivity contribution in [3.63, 3.8) is 0 Å². The van der Waals surface area contributed by atoms with E-state index in [1.165, 1.54) is 96.2 Å². The predicted molar refractivity (Wildman–Crippen MR) is 363 cm³/mol. The first-order chi connectivity index (χ1) is 41.1. The van der Waals surface area contributed by atoms with Crippen molar-refractivity contribution in [2.24, 2.45) is 0 Å². The number of hydrogen-bond donors (Lipinski definition) is 0. The summed E-state index contributed by atoms with van der Waals surface area (Å²) in [4.78, 5) is 7.61. The molecular weight excluding hydrogens is 1030 g/mol. The van der Waals surface area contributed by atoms with E-state index < -0.39 is 6.85 Å². The summed E-state index contributed by atoms with van der Waals surface area (Å²) < 4.78 is 30.2. The Morgan fingerprint density at radius 3 is 1.70 bits per heavy atom. The number of fused-ring (bicyclic) bond motifs is 10. The van der Waals surface area contributed by atoms with Gasteiger partial charge < -0.3 is 14.7 Å². The molecular formula is C79H84BN3S. The fraction of sp³-hybridized carbons (Fsp3) is 0.367. The fourth-order valence-corrected chi connectivity index (χ4v) is 17.9. The van der Waals surface area contributed by atoms with E-state index in [2.05, 4.69) is 238 Å². The van der Waals surface area contributed by atoms with E-state index in [0.29, 0.717) is 11.3 Å². The molecule has 7 aliphatic rings. The molecule has 8 aromatic carbocycles. The maximum atomic E-state index is 9.16. The first kappa shape index (κ1) is 50.5. The van der Waals surface area contributed by atoms with E-state index in [4.69, 9.17) is 4.11 Å². The van der Waals surface area contributed by atoms with Crippen molar-refractivity contribution in [3.05, 3.63) is 202 Å². The zero-order chi connectivity index (χ0) is 60.9. The van der Waals surface area contributed by atoms with Crippen molar-refractivity contribution in [2.45, 2.75) is 186 Å². The second kappa shape index (κ2) is 18.1. The third kappa shape index (κ3) is 7.95. The number of para-hydroxylation sites is 2. The normalized spacial score (nSPS) is 22.4. The summed E-state index contributed by atoms with van der Waals surface area (Å²) in [6.45, 7) is 29.3. The molecule has 16 rings (SSSR count). The van der Waals surface area contributed by atoms with Crippen molar-refractivity contribution in [1.82, 2.24) is 0 Å². The van der Waals surface area contributed by atoms with Crippen LogP contribution in [0, 0.1) is 6.85 Å². The minimum atomic E-state index is -2.40. The standard InChI is InChI=1S/C79H84BN3S/c1-49-23-21-22-28-64(49)81(52-26-19-16-20-27-52)54-43-67-70-68(44-54)83(65-32-29-51(73(2,3)4)41-55(65)50-24-17-15-18-25-50)66-47-60-59(76(9,10)35-36-77(60,11)12)46-63(66)80(70)72-71(82(67)53-30-31-57-58(42-53)75(7,8)34-33-74(57,5)6)56-45-61-62(48-69(56)84-72)79(14)39-37-78(61,13)38-40-79/h15-32,41-48H,33-40H2,1-14H3/i1D3. The Morgan fingerprint density at radius 2 is 1.06 bits per heavy atom. The van der Waals surface area contributed by atoms with Crippen LogP contribution in [0.5, 0.6) is 0 Å². The molecule has 1 fully saturated rings. The number of rotatable bonds is 6. The molecule has 0 amide bonds. The SMILES string of the molecule is [2H]C([2H])([2H])c1ccccc1N(c1ccccc1)c1cc2c3c(c1)N(c1ccc4c(c1)C(C)(C)CCC4(C)C)c1c(sc4cc5c(cc14)C1(C)CCC5(C)CC1)B3c1cc3c(cc1N2c1ccc(C(C)(C)C)cc1-c1ccccc1)C(C)(C)CCC3(C)C. The predicted octanol–water partition coefficient (Wildman–Crippen LogP) is 20.5. The van der Waals surface area contributed by atoms with Gasteiger partial charge in [0, 0.05) is 58.7 Å². The maximum Gasteiger partial charge on any atom is 0.264 e. The highest BCUT2D eigenvalue weighted by molar-refractivity contribution is 7.33. The van der Waals surface area contributed by atoms with Gasteiger partial charge in [-0.15, -0.1) is 11.3 Å². The van der Waals surface area contributed by atoms with Crippen LogP contribution in [0.15, 0.2) is 158 Å². The van der Waals surface area contributed by atoms with Crippen LogP contribution in [0.25, 0.3) is 21.2 Å². The fourth-order valence-electron chi connectivity index (χ4n) is 16.6. The Labute approximate surface area is 510 Å². The molecule has 0 spiro atoms. The molecule has 424 valence electrons. The topological polar surface area (TPSA) is 9.72 Å². The van der Waals surface area contributed by atoms with Crippen LogP contribution in [-0.4, -0.2) is 6.71 Å². The Balaban J connectivity index is 1.14. The molecule has 84 heavy (non-hydrogen) atoms. The van der Waals surface area contributed by atoms with Gasteiger partial charge in [0.25, 0.3) is 6.71 Å². The smallest absolute Gasteiger partial charge is 0.264 e. The lowest BCUT2D eigenvalue weighted by molar-refractivity contribution is 0.188.